The SMILES string of the molecule is CC.CC.Cc1cc(-c2ccc(C(F)(F)F)cc2C(F)(F)F)no1. The number of hydrogen-bond acceptors (Lipinski definition) is 2. The van der Waals surface area contributed by atoms with Crippen molar-refractivity contribution < 1.29 is 30.9 Å². The van der Waals surface area contributed by atoms with Crippen LogP contribution in [0.5, 0.6) is 0 Å². The molecule has 0 spiro atoms. The van der Waals surface area contributed by atoms with Crippen molar-refractivity contribution in [3.63, 3.8) is 0 Å². The highest BCUT2D eigenvalue weighted by atomic mass is 19.4. The number of halogens is 6. The first kappa shape index (κ1) is 22.0. The summed E-state index contributed by atoms with van der Waals surface area (Å²) in [4.78, 5) is 0. The lowest BCUT2D eigenvalue weighted by Crippen LogP contribution is -2.12. The Balaban J connectivity index is 0.00000123. The van der Waals surface area contributed by atoms with Crippen LogP contribution in [0.3, 0.4) is 0 Å². The molecule has 1 aromatic carbocycles. The quantitative estimate of drug-likeness (QED) is 0.530. The van der Waals surface area contributed by atoms with Crippen molar-refractivity contribution in [1.29, 1.82) is 0 Å². The van der Waals surface area contributed by atoms with Crippen LogP contribution in [0.25, 0.3) is 11.3 Å². The van der Waals surface area contributed by atoms with Crippen molar-refractivity contribution in [2.45, 2.75) is 47.0 Å². The third-order valence-electron chi connectivity index (χ3n) is 2.56. The molecule has 0 N–H and O–H groups in total. The molecule has 0 bridgehead atoms. The molecule has 2 aromatic rings. The number of benzene rings is 1. The van der Waals surface area contributed by atoms with E-state index in [9.17, 15) is 26.3 Å². The zero-order valence-corrected chi connectivity index (χ0v) is 13.9. The van der Waals surface area contributed by atoms with Crippen LogP contribution in [0.4, 0.5) is 26.3 Å². The van der Waals surface area contributed by atoms with Gasteiger partial charge in [0.1, 0.15) is 11.5 Å². The maximum atomic E-state index is 12.9. The normalized spacial score (nSPS) is 11.1. The minimum absolute atomic E-state index is 0.0688. The number of alkyl halides is 6. The van der Waals surface area contributed by atoms with Gasteiger partial charge in [0.2, 0.25) is 0 Å². The van der Waals surface area contributed by atoms with Crippen LogP contribution < -0.4 is 0 Å². The summed E-state index contributed by atoms with van der Waals surface area (Å²) in [5, 5.41) is 3.40. The van der Waals surface area contributed by atoms with Crippen LogP contribution in [-0.2, 0) is 12.4 Å². The van der Waals surface area contributed by atoms with Crippen molar-refractivity contribution in [3.8, 4) is 11.3 Å². The molecule has 0 atom stereocenters. The molecule has 2 rings (SSSR count). The third-order valence-corrected chi connectivity index (χ3v) is 2.56. The summed E-state index contributed by atoms with van der Waals surface area (Å²) in [5.41, 5.74) is -3.39. The fraction of sp³-hybridized carbons (Fsp3) is 0.438. The summed E-state index contributed by atoms with van der Waals surface area (Å²) in [5.74, 6) is 0.257. The van der Waals surface area contributed by atoms with E-state index in [-0.39, 0.29) is 17.5 Å². The summed E-state index contributed by atoms with van der Waals surface area (Å²) < 4.78 is 80.8. The molecule has 1 aromatic heterocycles. The Morgan fingerprint density at radius 1 is 0.833 bits per heavy atom. The largest absolute Gasteiger partial charge is 0.417 e. The van der Waals surface area contributed by atoms with E-state index in [0.29, 0.717) is 6.07 Å². The summed E-state index contributed by atoms with van der Waals surface area (Å²) >= 11 is 0. The molecule has 24 heavy (non-hydrogen) atoms. The average molecular weight is 355 g/mol. The van der Waals surface area contributed by atoms with Crippen LogP contribution in [0, 0.1) is 6.92 Å². The minimum Gasteiger partial charge on any atom is -0.361 e. The number of nitrogens with zero attached hydrogens (tertiary/aromatic N) is 1. The number of aromatic nitrogens is 1. The first-order valence-electron chi connectivity index (χ1n) is 7.31. The predicted octanol–water partition coefficient (Wildman–Crippen LogP) is 6.74. The van der Waals surface area contributed by atoms with Crippen LogP contribution in [0.1, 0.15) is 44.6 Å². The lowest BCUT2D eigenvalue weighted by atomic mass is 10.0. The van der Waals surface area contributed by atoms with Gasteiger partial charge in [-0.1, -0.05) is 38.9 Å². The Kier molecular flexibility index (Phi) is 8.02. The molecule has 0 radical (unpaired) electrons. The van der Waals surface area contributed by atoms with Crippen molar-refractivity contribution in [2.24, 2.45) is 0 Å². The molecule has 0 aliphatic heterocycles. The van der Waals surface area contributed by atoms with E-state index in [1.165, 1.54) is 13.0 Å². The van der Waals surface area contributed by atoms with E-state index in [1.807, 2.05) is 27.7 Å². The molecule has 0 amide bonds. The second kappa shape index (κ2) is 8.75. The molecule has 1 heterocycles. The van der Waals surface area contributed by atoms with Gasteiger partial charge in [-0.05, 0) is 19.1 Å². The lowest BCUT2D eigenvalue weighted by Gasteiger charge is -2.14. The number of aryl methyl sites for hydroxylation is 1. The molecule has 0 saturated carbocycles. The van der Waals surface area contributed by atoms with Crippen molar-refractivity contribution >= 4 is 0 Å². The topological polar surface area (TPSA) is 26.0 Å². The van der Waals surface area contributed by atoms with E-state index in [2.05, 4.69) is 9.68 Å². The molecule has 0 unspecified atom stereocenters. The Morgan fingerprint density at radius 2 is 1.38 bits per heavy atom. The highest BCUT2D eigenvalue weighted by Gasteiger charge is 2.38. The van der Waals surface area contributed by atoms with E-state index in [1.54, 1.807) is 0 Å². The fourth-order valence-corrected chi connectivity index (χ4v) is 1.67. The van der Waals surface area contributed by atoms with Gasteiger partial charge < -0.3 is 4.52 Å². The maximum absolute atomic E-state index is 12.9. The summed E-state index contributed by atoms with van der Waals surface area (Å²) in [6, 6.07) is 2.61. The van der Waals surface area contributed by atoms with Gasteiger partial charge in [-0.15, -0.1) is 0 Å². The van der Waals surface area contributed by atoms with E-state index < -0.39 is 29.0 Å². The molecule has 0 fully saturated rings. The molecule has 0 aliphatic rings. The Labute approximate surface area is 136 Å². The monoisotopic (exact) mass is 355 g/mol. The Morgan fingerprint density at radius 3 is 1.75 bits per heavy atom. The summed E-state index contributed by atoms with van der Waals surface area (Å²) in [6.07, 6.45) is -9.78. The molecule has 8 heteroatoms. The van der Waals surface area contributed by atoms with Crippen LogP contribution >= 0.6 is 0 Å². The van der Waals surface area contributed by atoms with E-state index in [4.69, 9.17) is 0 Å². The average Bonchev–Trinajstić information content (AvgIpc) is 2.95. The lowest BCUT2D eigenvalue weighted by molar-refractivity contribution is -0.142. The van der Waals surface area contributed by atoms with Gasteiger partial charge in [-0.3, -0.25) is 0 Å². The zero-order chi connectivity index (χ0) is 19.1. The fourth-order valence-electron chi connectivity index (χ4n) is 1.67. The molecule has 2 nitrogen and oxygen atoms in total. The van der Waals surface area contributed by atoms with Gasteiger partial charge in [-0.2, -0.15) is 26.3 Å². The third kappa shape index (κ3) is 5.58. The number of rotatable bonds is 1. The minimum atomic E-state index is -4.93. The van der Waals surface area contributed by atoms with Gasteiger partial charge in [0, 0.05) is 11.6 Å². The van der Waals surface area contributed by atoms with Crippen LogP contribution in [0.2, 0.25) is 0 Å². The summed E-state index contributed by atoms with van der Waals surface area (Å²) in [7, 11) is 0. The Bertz CT molecular complexity index is 628. The Hall–Kier alpha value is -1.99. The van der Waals surface area contributed by atoms with Crippen LogP contribution in [0.15, 0.2) is 28.8 Å². The maximum Gasteiger partial charge on any atom is 0.417 e. The molecule has 0 saturated heterocycles. The molecular weight excluding hydrogens is 336 g/mol. The van der Waals surface area contributed by atoms with Crippen molar-refractivity contribution in [2.75, 3.05) is 0 Å². The van der Waals surface area contributed by atoms with Gasteiger partial charge >= 0.3 is 12.4 Å². The summed E-state index contributed by atoms with van der Waals surface area (Å²) in [6.45, 7) is 9.47. The first-order chi connectivity index (χ1) is 11.1. The first-order valence-corrected chi connectivity index (χ1v) is 7.31. The second-order valence-corrected chi connectivity index (χ2v) is 4.08. The van der Waals surface area contributed by atoms with Gasteiger partial charge in [-0.25, -0.2) is 0 Å². The van der Waals surface area contributed by atoms with E-state index in [0.717, 1.165) is 6.07 Å². The molecular formula is C16H19F6NO. The predicted molar refractivity (Wildman–Crippen MR) is 79.4 cm³/mol. The standard InChI is InChI=1S/C12H7F6NO.2C2H6/c1-6-4-10(19-20-6)8-3-2-7(11(13,14)15)5-9(8)12(16,17)18;2*1-2/h2-5H,1H3;2*1-2H3. The molecule has 0 aliphatic carbocycles. The van der Waals surface area contributed by atoms with Gasteiger partial charge in [0.25, 0.3) is 0 Å². The number of hydrogen-bond donors (Lipinski definition) is 0. The molecule has 136 valence electrons. The highest BCUT2D eigenvalue weighted by molar-refractivity contribution is 5.65. The van der Waals surface area contributed by atoms with E-state index >= 15 is 0 Å². The van der Waals surface area contributed by atoms with Gasteiger partial charge in [0.15, 0.2) is 0 Å². The van der Waals surface area contributed by atoms with Crippen molar-refractivity contribution in [1.82, 2.24) is 5.16 Å². The second-order valence-electron chi connectivity index (χ2n) is 4.08. The zero-order valence-electron chi connectivity index (χ0n) is 13.9. The smallest absolute Gasteiger partial charge is 0.361 e. The van der Waals surface area contributed by atoms with Crippen molar-refractivity contribution in [3.05, 3.63) is 41.2 Å². The van der Waals surface area contributed by atoms with Gasteiger partial charge in [0.05, 0.1) is 11.1 Å². The highest BCUT2D eigenvalue weighted by Crippen LogP contribution is 2.40. The van der Waals surface area contributed by atoms with Crippen LogP contribution in [-0.4, -0.2) is 5.16 Å².